The van der Waals surface area contributed by atoms with Gasteiger partial charge in [-0.15, -0.1) is 0 Å². The summed E-state index contributed by atoms with van der Waals surface area (Å²) in [7, 11) is 1.58. The SMILES string of the molecule is COc1ccc(F)c(N2CCC(Oc3ccc(N4N=C(c5ccc(C#N)cc5)[C@@H](C)[C@@H]4CC#N)cc3)CC2)c1. The van der Waals surface area contributed by atoms with Crippen molar-refractivity contribution in [3.63, 3.8) is 0 Å². The molecule has 5 rings (SSSR count). The molecule has 2 aliphatic heterocycles. The maximum Gasteiger partial charge on any atom is 0.146 e. The van der Waals surface area contributed by atoms with Crippen LogP contribution in [-0.2, 0) is 0 Å². The zero-order valence-electron chi connectivity index (χ0n) is 22.0. The molecule has 0 aliphatic carbocycles. The molecule has 0 saturated carbocycles. The van der Waals surface area contributed by atoms with Gasteiger partial charge in [-0.3, -0.25) is 5.01 Å². The Labute approximate surface area is 228 Å². The summed E-state index contributed by atoms with van der Waals surface area (Å²) in [5, 5.41) is 25.4. The Kier molecular flexibility index (Phi) is 7.65. The van der Waals surface area contributed by atoms with Crippen LogP contribution in [0.3, 0.4) is 0 Å². The first-order chi connectivity index (χ1) is 19.0. The first-order valence-electron chi connectivity index (χ1n) is 13.1. The molecule has 0 aromatic heterocycles. The highest BCUT2D eigenvalue weighted by atomic mass is 19.1. The van der Waals surface area contributed by atoms with E-state index in [-0.39, 0.29) is 23.9 Å². The molecule has 198 valence electrons. The van der Waals surface area contributed by atoms with Crippen molar-refractivity contribution in [3.8, 4) is 23.6 Å². The molecule has 1 fully saturated rings. The zero-order chi connectivity index (χ0) is 27.4. The van der Waals surface area contributed by atoms with Gasteiger partial charge in [-0.2, -0.15) is 15.6 Å². The number of hydrogen-bond acceptors (Lipinski definition) is 7. The van der Waals surface area contributed by atoms with E-state index in [1.165, 1.54) is 6.07 Å². The molecule has 0 N–H and O–H groups in total. The van der Waals surface area contributed by atoms with Gasteiger partial charge < -0.3 is 14.4 Å². The van der Waals surface area contributed by atoms with Gasteiger partial charge >= 0.3 is 0 Å². The van der Waals surface area contributed by atoms with E-state index in [2.05, 4.69) is 19.1 Å². The van der Waals surface area contributed by atoms with Gasteiger partial charge in [0, 0.05) is 37.9 Å². The summed E-state index contributed by atoms with van der Waals surface area (Å²) in [5.74, 6) is 1.21. The molecule has 0 bridgehead atoms. The van der Waals surface area contributed by atoms with Crippen LogP contribution in [0.25, 0.3) is 0 Å². The average Bonchev–Trinajstić information content (AvgIpc) is 3.30. The highest BCUT2D eigenvalue weighted by molar-refractivity contribution is 6.04. The summed E-state index contributed by atoms with van der Waals surface area (Å²) in [5.41, 5.74) is 3.90. The normalized spacial score (nSPS) is 19.3. The largest absolute Gasteiger partial charge is 0.497 e. The van der Waals surface area contributed by atoms with Crippen LogP contribution in [-0.4, -0.2) is 38.1 Å². The third-order valence-electron chi connectivity index (χ3n) is 7.49. The summed E-state index contributed by atoms with van der Waals surface area (Å²) in [6, 6.07) is 24.4. The minimum atomic E-state index is -0.248. The second kappa shape index (κ2) is 11.4. The first kappa shape index (κ1) is 26.1. The molecule has 0 spiro atoms. The van der Waals surface area contributed by atoms with E-state index in [9.17, 15) is 9.65 Å². The number of nitrogens with zero attached hydrogens (tertiary/aromatic N) is 5. The summed E-state index contributed by atoms with van der Waals surface area (Å²) in [4.78, 5) is 2.04. The molecule has 8 heteroatoms. The fourth-order valence-corrected chi connectivity index (χ4v) is 5.26. The number of methoxy groups -OCH3 is 1. The van der Waals surface area contributed by atoms with Gasteiger partial charge in [0.1, 0.15) is 23.4 Å². The molecule has 7 nitrogen and oxygen atoms in total. The van der Waals surface area contributed by atoms with Crippen molar-refractivity contribution in [1.29, 1.82) is 10.5 Å². The molecule has 0 radical (unpaired) electrons. The first-order valence-corrected chi connectivity index (χ1v) is 13.1. The van der Waals surface area contributed by atoms with Gasteiger partial charge in [0.15, 0.2) is 0 Å². The fourth-order valence-electron chi connectivity index (χ4n) is 5.26. The van der Waals surface area contributed by atoms with Crippen molar-refractivity contribution >= 4 is 17.1 Å². The predicted octanol–water partition coefficient (Wildman–Crippen LogP) is 5.90. The van der Waals surface area contributed by atoms with E-state index in [0.29, 0.717) is 36.5 Å². The molecule has 3 aromatic carbocycles. The summed E-state index contributed by atoms with van der Waals surface area (Å²) < 4.78 is 25.9. The van der Waals surface area contributed by atoms with Crippen LogP contribution in [0, 0.1) is 34.4 Å². The third kappa shape index (κ3) is 5.51. The van der Waals surface area contributed by atoms with Crippen LogP contribution in [0.5, 0.6) is 11.5 Å². The number of halogens is 1. The van der Waals surface area contributed by atoms with Crippen LogP contribution in [0.4, 0.5) is 15.8 Å². The molecule has 0 unspecified atom stereocenters. The standard InChI is InChI=1S/C31H30FN5O2/c1-21-29(13-16-33)37(35-31(21)23-5-3-22(20-34)4-6-23)24-7-9-25(10-8-24)39-26-14-17-36(18-15-26)30-19-27(38-2)11-12-28(30)32/h3-12,19,21,26,29H,13-15,17-18H2,1-2H3/t21-,29-/m0/s1. The fraction of sp³-hybridized carbons (Fsp3) is 0.323. The molecule has 0 amide bonds. The van der Waals surface area contributed by atoms with Crippen LogP contribution < -0.4 is 19.4 Å². The maximum atomic E-state index is 14.4. The van der Waals surface area contributed by atoms with Crippen molar-refractivity contribution in [2.45, 2.75) is 38.3 Å². The van der Waals surface area contributed by atoms with Crippen LogP contribution in [0.2, 0.25) is 0 Å². The number of benzene rings is 3. The highest BCUT2D eigenvalue weighted by Gasteiger charge is 2.35. The minimum Gasteiger partial charge on any atom is -0.497 e. The Balaban J connectivity index is 1.25. The number of nitriles is 2. The number of ether oxygens (including phenoxy) is 2. The summed E-state index contributed by atoms with van der Waals surface area (Å²) in [6.07, 6.45) is 1.95. The third-order valence-corrected chi connectivity index (χ3v) is 7.49. The minimum absolute atomic E-state index is 0.0416. The van der Waals surface area contributed by atoms with Crippen LogP contribution in [0.1, 0.15) is 37.3 Å². The van der Waals surface area contributed by atoms with Crippen molar-refractivity contribution in [1.82, 2.24) is 0 Å². The lowest BCUT2D eigenvalue weighted by Gasteiger charge is -2.34. The number of piperidine rings is 1. The molecule has 2 aliphatic rings. The zero-order valence-corrected chi connectivity index (χ0v) is 22.0. The summed E-state index contributed by atoms with van der Waals surface area (Å²) >= 11 is 0. The Bertz CT molecular complexity index is 1420. The average molecular weight is 524 g/mol. The molecule has 2 heterocycles. The van der Waals surface area contributed by atoms with E-state index in [4.69, 9.17) is 19.8 Å². The van der Waals surface area contributed by atoms with Crippen LogP contribution >= 0.6 is 0 Å². The lowest BCUT2D eigenvalue weighted by Crippen LogP contribution is -2.38. The van der Waals surface area contributed by atoms with Gasteiger partial charge in [-0.25, -0.2) is 4.39 Å². The lowest BCUT2D eigenvalue weighted by atomic mass is 9.91. The molecule has 1 saturated heterocycles. The van der Waals surface area contributed by atoms with Crippen molar-refractivity contribution in [2.24, 2.45) is 11.0 Å². The molecule has 3 aromatic rings. The van der Waals surface area contributed by atoms with E-state index >= 15 is 0 Å². The number of hydrazone groups is 1. The van der Waals surface area contributed by atoms with E-state index < -0.39 is 0 Å². The second-order valence-electron chi connectivity index (χ2n) is 9.85. The molecule has 39 heavy (non-hydrogen) atoms. The van der Waals surface area contributed by atoms with Gasteiger partial charge in [0.25, 0.3) is 0 Å². The molecule has 2 atom stereocenters. The quantitative estimate of drug-likeness (QED) is 0.384. The topological polar surface area (TPSA) is 84.9 Å². The van der Waals surface area contributed by atoms with E-state index in [0.717, 1.165) is 35.6 Å². The molecular formula is C31H30FN5O2. The Morgan fingerprint density at radius 2 is 1.67 bits per heavy atom. The van der Waals surface area contributed by atoms with Crippen LogP contribution in [0.15, 0.2) is 71.8 Å². The van der Waals surface area contributed by atoms with E-state index in [1.54, 1.807) is 31.4 Å². The number of rotatable bonds is 7. The smallest absolute Gasteiger partial charge is 0.146 e. The van der Waals surface area contributed by atoms with E-state index in [1.807, 2.05) is 46.3 Å². The Hall–Kier alpha value is -4.56. The number of hydrogen-bond donors (Lipinski definition) is 0. The second-order valence-corrected chi connectivity index (χ2v) is 9.85. The van der Waals surface area contributed by atoms with Gasteiger partial charge in [0.2, 0.25) is 0 Å². The maximum absolute atomic E-state index is 14.4. The highest BCUT2D eigenvalue weighted by Crippen LogP contribution is 2.34. The Morgan fingerprint density at radius 3 is 2.31 bits per heavy atom. The van der Waals surface area contributed by atoms with Crippen molar-refractivity contribution in [2.75, 3.05) is 30.1 Å². The van der Waals surface area contributed by atoms with Crippen molar-refractivity contribution in [3.05, 3.63) is 83.7 Å². The van der Waals surface area contributed by atoms with Gasteiger partial charge in [-0.1, -0.05) is 19.1 Å². The van der Waals surface area contributed by atoms with Gasteiger partial charge in [0.05, 0.1) is 54.4 Å². The molecular weight excluding hydrogens is 493 g/mol. The predicted molar refractivity (Wildman–Crippen MR) is 149 cm³/mol. The van der Waals surface area contributed by atoms with Crippen molar-refractivity contribution < 1.29 is 13.9 Å². The number of anilines is 2. The lowest BCUT2D eigenvalue weighted by molar-refractivity contribution is 0.170. The monoisotopic (exact) mass is 523 g/mol. The summed E-state index contributed by atoms with van der Waals surface area (Å²) in [6.45, 7) is 3.47. The Morgan fingerprint density at radius 1 is 0.974 bits per heavy atom. The van der Waals surface area contributed by atoms with Gasteiger partial charge in [-0.05, 0) is 54.1 Å².